The van der Waals surface area contributed by atoms with Crippen LogP contribution in [0.4, 0.5) is 0 Å². The van der Waals surface area contributed by atoms with E-state index in [0.717, 1.165) is 25.7 Å². The minimum atomic E-state index is -3.78. The number of hydrogen-bond acceptors (Lipinski definition) is 5. The number of benzene rings is 1. The van der Waals surface area contributed by atoms with Crippen LogP contribution in [0.25, 0.3) is 0 Å². The van der Waals surface area contributed by atoms with Crippen molar-refractivity contribution in [2.75, 3.05) is 0 Å². The van der Waals surface area contributed by atoms with Crippen molar-refractivity contribution in [1.82, 2.24) is 4.72 Å². The van der Waals surface area contributed by atoms with Gasteiger partial charge in [-0.05, 0) is 50.3 Å². The zero-order valence-corrected chi connectivity index (χ0v) is 14.5. The highest BCUT2D eigenvalue weighted by Crippen LogP contribution is 2.27. The number of ketones is 1. The first kappa shape index (κ1) is 17.4. The van der Waals surface area contributed by atoms with Crippen molar-refractivity contribution in [3.63, 3.8) is 0 Å². The number of Topliss-reactive ketones (excluding diaryl/α,β-unsaturated/α-hetero) is 1. The third-order valence-electron chi connectivity index (χ3n) is 4.10. The highest BCUT2D eigenvalue weighted by Gasteiger charge is 2.31. The first-order chi connectivity index (χ1) is 11.4. The van der Waals surface area contributed by atoms with E-state index >= 15 is 0 Å². The Balaban J connectivity index is 1.79. The molecule has 3 rings (SSSR count). The molecule has 0 aliphatic heterocycles. The first-order valence-corrected chi connectivity index (χ1v) is 9.78. The molecule has 24 heavy (non-hydrogen) atoms. The van der Waals surface area contributed by atoms with Gasteiger partial charge < -0.3 is 4.74 Å². The summed E-state index contributed by atoms with van der Waals surface area (Å²) in [4.78, 5) is 23.9. The molecule has 8 heteroatoms. The van der Waals surface area contributed by atoms with Crippen molar-refractivity contribution in [2.24, 2.45) is 0 Å². The molecule has 2 fully saturated rings. The second-order valence-corrected chi connectivity index (χ2v) is 8.24. The summed E-state index contributed by atoms with van der Waals surface area (Å²) >= 11 is 5.98. The minimum Gasteiger partial charge on any atom is -0.451 e. The minimum absolute atomic E-state index is 0.0356. The van der Waals surface area contributed by atoms with E-state index in [9.17, 15) is 18.0 Å². The van der Waals surface area contributed by atoms with Gasteiger partial charge >= 0.3 is 5.97 Å². The van der Waals surface area contributed by atoms with E-state index in [-0.39, 0.29) is 27.3 Å². The number of nitrogens with one attached hydrogen (secondary N) is 1. The number of hydrogen-bond donors (Lipinski definition) is 1. The summed E-state index contributed by atoms with van der Waals surface area (Å²) in [6.07, 6.45) is 3.39. The number of halogens is 1. The average Bonchev–Trinajstić information content (AvgIpc) is 3.33. The molecule has 1 N–H and O–H groups in total. The van der Waals surface area contributed by atoms with Gasteiger partial charge in [-0.15, -0.1) is 0 Å². The second kappa shape index (κ2) is 6.82. The fourth-order valence-corrected chi connectivity index (χ4v) is 4.42. The van der Waals surface area contributed by atoms with Crippen LogP contribution in [0.5, 0.6) is 0 Å². The standard InChI is InChI=1S/C16H18ClNO5S/c17-12-8-5-10(9-15(12)24(21,22)18-11-6-7-11)16(20)23-14-4-2-1-3-13(14)19/h5,8-9,11,14,18H,1-4,6-7H2/t14-/m0/s1. The Labute approximate surface area is 145 Å². The molecule has 130 valence electrons. The molecule has 1 aromatic rings. The Morgan fingerprint density at radius 3 is 2.62 bits per heavy atom. The summed E-state index contributed by atoms with van der Waals surface area (Å²) in [7, 11) is -3.78. The zero-order chi connectivity index (χ0) is 17.3. The molecule has 2 aliphatic carbocycles. The molecule has 2 aliphatic rings. The lowest BCUT2D eigenvalue weighted by atomic mass is 9.96. The Bertz CT molecular complexity index is 773. The highest BCUT2D eigenvalue weighted by atomic mass is 35.5. The van der Waals surface area contributed by atoms with Gasteiger partial charge in [0.2, 0.25) is 10.0 Å². The maximum absolute atomic E-state index is 12.3. The Morgan fingerprint density at radius 1 is 1.21 bits per heavy atom. The lowest BCUT2D eigenvalue weighted by Crippen LogP contribution is -2.30. The average molecular weight is 372 g/mol. The lowest BCUT2D eigenvalue weighted by molar-refractivity contribution is -0.129. The van der Waals surface area contributed by atoms with E-state index in [1.54, 1.807) is 0 Å². The van der Waals surface area contributed by atoms with Gasteiger partial charge in [0, 0.05) is 12.5 Å². The summed E-state index contributed by atoms with van der Waals surface area (Å²) in [5.74, 6) is -0.804. The van der Waals surface area contributed by atoms with Crippen LogP contribution in [0.1, 0.15) is 48.9 Å². The van der Waals surface area contributed by atoms with Crippen LogP contribution in [0.15, 0.2) is 23.1 Å². The van der Waals surface area contributed by atoms with Crippen LogP contribution < -0.4 is 4.72 Å². The number of sulfonamides is 1. The maximum Gasteiger partial charge on any atom is 0.338 e. The summed E-state index contributed by atoms with van der Waals surface area (Å²) in [6, 6.07) is 3.88. The van der Waals surface area contributed by atoms with Crippen LogP contribution in [0, 0.1) is 0 Å². The second-order valence-electron chi connectivity index (χ2n) is 6.15. The van der Waals surface area contributed by atoms with Gasteiger partial charge in [0.05, 0.1) is 10.6 Å². The molecule has 0 spiro atoms. The SMILES string of the molecule is O=C(O[C@H]1CCCCC1=O)c1ccc(Cl)c(S(=O)(=O)NC2CC2)c1. The zero-order valence-electron chi connectivity index (χ0n) is 13.0. The van der Waals surface area contributed by atoms with E-state index in [0.29, 0.717) is 12.8 Å². The fraction of sp³-hybridized carbons (Fsp3) is 0.500. The molecule has 0 saturated heterocycles. The van der Waals surface area contributed by atoms with Crippen molar-refractivity contribution in [2.45, 2.75) is 55.6 Å². The Morgan fingerprint density at radius 2 is 1.96 bits per heavy atom. The van der Waals surface area contributed by atoms with Gasteiger partial charge in [0.25, 0.3) is 0 Å². The van der Waals surface area contributed by atoms with E-state index in [4.69, 9.17) is 16.3 Å². The molecule has 2 saturated carbocycles. The van der Waals surface area contributed by atoms with E-state index in [1.807, 2.05) is 0 Å². The van der Waals surface area contributed by atoms with Gasteiger partial charge in [0.15, 0.2) is 11.9 Å². The highest BCUT2D eigenvalue weighted by molar-refractivity contribution is 7.89. The van der Waals surface area contributed by atoms with Crippen molar-refractivity contribution >= 4 is 33.4 Å². The summed E-state index contributed by atoms with van der Waals surface area (Å²) in [6.45, 7) is 0. The third-order valence-corrected chi connectivity index (χ3v) is 6.11. The van der Waals surface area contributed by atoms with Crippen LogP contribution in [-0.4, -0.2) is 32.3 Å². The number of carbonyl (C=O) groups is 2. The monoisotopic (exact) mass is 371 g/mol. The predicted molar refractivity (Wildman–Crippen MR) is 87.5 cm³/mol. The van der Waals surface area contributed by atoms with Crippen LogP contribution in [-0.2, 0) is 19.6 Å². The molecular weight excluding hydrogens is 354 g/mol. The van der Waals surface area contributed by atoms with Crippen molar-refractivity contribution in [1.29, 1.82) is 0 Å². The number of ether oxygens (including phenoxy) is 1. The van der Waals surface area contributed by atoms with Crippen molar-refractivity contribution in [3.05, 3.63) is 28.8 Å². The number of carbonyl (C=O) groups excluding carboxylic acids is 2. The van der Waals surface area contributed by atoms with E-state index in [1.165, 1.54) is 18.2 Å². The first-order valence-electron chi connectivity index (χ1n) is 7.92. The fourth-order valence-electron chi connectivity index (χ4n) is 2.59. The Hall–Kier alpha value is -1.44. The molecule has 6 nitrogen and oxygen atoms in total. The van der Waals surface area contributed by atoms with E-state index in [2.05, 4.69) is 4.72 Å². The van der Waals surface area contributed by atoms with Gasteiger partial charge in [-0.3, -0.25) is 4.79 Å². The topological polar surface area (TPSA) is 89.5 Å². The van der Waals surface area contributed by atoms with E-state index < -0.39 is 22.1 Å². The van der Waals surface area contributed by atoms with Crippen molar-refractivity contribution < 1.29 is 22.7 Å². The lowest BCUT2D eigenvalue weighted by Gasteiger charge is -2.20. The third kappa shape index (κ3) is 3.96. The van der Waals surface area contributed by atoms with Crippen LogP contribution in [0.2, 0.25) is 5.02 Å². The van der Waals surface area contributed by atoms with Gasteiger partial charge in [-0.1, -0.05) is 11.6 Å². The Kier molecular flexibility index (Phi) is 4.94. The molecule has 0 aromatic heterocycles. The molecule has 0 amide bonds. The molecule has 1 atom stereocenters. The summed E-state index contributed by atoms with van der Waals surface area (Å²) in [5, 5.41) is 0.0356. The van der Waals surface area contributed by atoms with Crippen LogP contribution >= 0.6 is 11.6 Å². The largest absolute Gasteiger partial charge is 0.451 e. The summed E-state index contributed by atoms with van der Waals surface area (Å²) < 4.78 is 32.4. The number of esters is 1. The summed E-state index contributed by atoms with van der Waals surface area (Å²) in [5.41, 5.74) is 0.0638. The van der Waals surface area contributed by atoms with Gasteiger partial charge in [-0.2, -0.15) is 0 Å². The van der Waals surface area contributed by atoms with Crippen molar-refractivity contribution in [3.8, 4) is 0 Å². The van der Waals surface area contributed by atoms with Crippen LogP contribution in [0.3, 0.4) is 0 Å². The quantitative estimate of drug-likeness (QED) is 0.803. The normalized spacial score (nSPS) is 21.5. The molecule has 0 heterocycles. The smallest absolute Gasteiger partial charge is 0.338 e. The van der Waals surface area contributed by atoms with Gasteiger partial charge in [-0.25, -0.2) is 17.9 Å². The molecule has 0 bridgehead atoms. The maximum atomic E-state index is 12.3. The van der Waals surface area contributed by atoms with Gasteiger partial charge in [0.1, 0.15) is 4.90 Å². The molecular formula is C16H18ClNO5S. The molecule has 0 unspecified atom stereocenters. The molecule has 1 aromatic carbocycles. The molecule has 0 radical (unpaired) electrons. The predicted octanol–water partition coefficient (Wildman–Crippen LogP) is 2.45. The number of rotatable bonds is 5.